The maximum absolute atomic E-state index is 13.0. The van der Waals surface area contributed by atoms with Crippen molar-refractivity contribution in [2.75, 3.05) is 18.4 Å². The maximum atomic E-state index is 13.0. The van der Waals surface area contributed by atoms with Crippen LogP contribution in [0.4, 0.5) is 11.5 Å². The molecule has 3 N–H and O–H groups in total. The van der Waals surface area contributed by atoms with E-state index >= 15 is 0 Å². The number of carbonyl (C=O) groups is 1. The summed E-state index contributed by atoms with van der Waals surface area (Å²) in [6, 6.07) is 20.5. The highest BCUT2D eigenvalue weighted by molar-refractivity contribution is 7.88. The van der Waals surface area contributed by atoms with Crippen molar-refractivity contribution in [3.63, 3.8) is 0 Å². The molecular weight excluding hydrogens is 452 g/mol. The van der Waals surface area contributed by atoms with Gasteiger partial charge in [0.05, 0.1) is 23.8 Å². The van der Waals surface area contributed by atoms with Crippen LogP contribution in [-0.4, -0.2) is 41.5 Å². The quantitative estimate of drug-likeness (QED) is 0.511. The Morgan fingerprint density at radius 2 is 1.71 bits per heavy atom. The fourth-order valence-corrected chi connectivity index (χ4v) is 5.77. The number of nitriles is 1. The van der Waals surface area contributed by atoms with Gasteiger partial charge in [-0.2, -0.15) is 10.4 Å². The number of aromatic nitrogens is 2. The van der Waals surface area contributed by atoms with E-state index in [1.54, 1.807) is 23.0 Å². The Bertz CT molecular complexity index is 1290. The van der Waals surface area contributed by atoms with E-state index in [4.69, 9.17) is 5.73 Å². The second kappa shape index (κ2) is 9.67. The molecule has 0 aliphatic carbocycles. The third-order valence-corrected chi connectivity index (χ3v) is 8.00. The van der Waals surface area contributed by atoms with Crippen LogP contribution in [0.25, 0.3) is 0 Å². The number of para-hydroxylation sites is 1. The number of nitrogens with zero attached hydrogens (tertiary/aromatic N) is 4. The maximum Gasteiger partial charge on any atom is 0.254 e. The van der Waals surface area contributed by atoms with Gasteiger partial charge in [-0.15, -0.1) is 0 Å². The summed E-state index contributed by atoms with van der Waals surface area (Å²) in [5.41, 5.74) is 6.53. The molecule has 0 unspecified atom stereocenters. The van der Waals surface area contributed by atoms with E-state index in [0.29, 0.717) is 18.7 Å². The van der Waals surface area contributed by atoms with Gasteiger partial charge in [0.25, 0.3) is 5.91 Å². The molecule has 1 aliphatic heterocycles. The molecule has 3 aromatic rings. The Morgan fingerprint density at radius 1 is 1.09 bits per heavy atom. The van der Waals surface area contributed by atoms with Gasteiger partial charge in [-0.3, -0.25) is 9.48 Å². The average Bonchev–Trinajstić information content (AvgIpc) is 3.25. The minimum Gasteiger partial charge on any atom is -0.365 e. The van der Waals surface area contributed by atoms with E-state index in [0.717, 1.165) is 11.3 Å². The molecule has 0 bridgehead atoms. The molecule has 2 heterocycles. The molecular formula is C24H26N6O3S. The predicted octanol–water partition coefficient (Wildman–Crippen LogP) is 2.96. The van der Waals surface area contributed by atoms with Crippen LogP contribution in [0.1, 0.15) is 35.2 Å². The number of piperidine rings is 1. The molecule has 0 atom stereocenters. The highest BCUT2D eigenvalue weighted by atomic mass is 32.2. The molecule has 1 aromatic heterocycles. The first-order chi connectivity index (χ1) is 16.3. The molecule has 9 nitrogen and oxygen atoms in total. The van der Waals surface area contributed by atoms with Crippen LogP contribution >= 0.6 is 0 Å². The zero-order chi connectivity index (χ0) is 24.2. The lowest BCUT2D eigenvalue weighted by Gasteiger charge is -2.40. The van der Waals surface area contributed by atoms with Gasteiger partial charge in [0.15, 0.2) is 5.82 Å². The molecule has 0 spiro atoms. The highest BCUT2D eigenvalue weighted by Crippen LogP contribution is 2.36. The Hall–Kier alpha value is -3.68. The fraction of sp³-hybridized carbons (Fsp3) is 0.292. The second-order valence-electron chi connectivity index (χ2n) is 8.39. The van der Waals surface area contributed by atoms with Crippen molar-refractivity contribution < 1.29 is 13.2 Å². The molecule has 0 saturated carbocycles. The van der Waals surface area contributed by atoms with E-state index in [1.165, 1.54) is 4.31 Å². The number of rotatable bonds is 8. The molecule has 1 saturated heterocycles. The average molecular weight is 479 g/mol. The van der Waals surface area contributed by atoms with Crippen molar-refractivity contribution >= 4 is 27.4 Å². The van der Waals surface area contributed by atoms with Crippen molar-refractivity contribution in [2.45, 2.75) is 30.6 Å². The normalized spacial score (nSPS) is 16.0. The number of carbonyl (C=O) groups excluding carboxylic acids is 1. The number of hydrogen-bond donors (Lipinski definition) is 2. The van der Waals surface area contributed by atoms with Crippen molar-refractivity contribution in [3.8, 4) is 6.07 Å². The lowest BCUT2D eigenvalue weighted by atomic mass is 9.86. The summed E-state index contributed by atoms with van der Waals surface area (Å²) in [4.78, 5) is 12.1. The van der Waals surface area contributed by atoms with E-state index in [9.17, 15) is 18.5 Å². The number of amides is 1. The minimum absolute atomic E-state index is 0.0716. The van der Waals surface area contributed by atoms with Crippen LogP contribution in [0.5, 0.6) is 0 Å². The zero-order valence-electron chi connectivity index (χ0n) is 18.6. The summed E-state index contributed by atoms with van der Waals surface area (Å²) in [6.45, 7) is 0.508. The number of nitrogens with one attached hydrogen (secondary N) is 1. The van der Waals surface area contributed by atoms with E-state index < -0.39 is 21.5 Å². The van der Waals surface area contributed by atoms with E-state index in [-0.39, 0.29) is 30.8 Å². The van der Waals surface area contributed by atoms with Crippen molar-refractivity contribution in [3.05, 3.63) is 78.0 Å². The van der Waals surface area contributed by atoms with Crippen LogP contribution in [0.2, 0.25) is 0 Å². The van der Waals surface area contributed by atoms with Gasteiger partial charge >= 0.3 is 0 Å². The van der Waals surface area contributed by atoms with Crippen LogP contribution in [0, 0.1) is 11.3 Å². The first-order valence-electron chi connectivity index (χ1n) is 10.9. The van der Waals surface area contributed by atoms with Crippen LogP contribution in [0.3, 0.4) is 0 Å². The van der Waals surface area contributed by atoms with Gasteiger partial charge in [-0.1, -0.05) is 48.5 Å². The smallest absolute Gasteiger partial charge is 0.254 e. The molecule has 0 radical (unpaired) electrons. The third-order valence-electron chi connectivity index (χ3n) is 6.15. The van der Waals surface area contributed by atoms with Gasteiger partial charge < -0.3 is 11.1 Å². The van der Waals surface area contributed by atoms with Crippen molar-refractivity contribution in [1.29, 1.82) is 5.26 Å². The molecule has 1 fully saturated rings. The summed E-state index contributed by atoms with van der Waals surface area (Å²) in [6.07, 6.45) is 2.46. The number of benzene rings is 2. The summed E-state index contributed by atoms with van der Waals surface area (Å²) < 4.78 is 29.0. The molecule has 1 aliphatic rings. The Morgan fingerprint density at radius 3 is 2.29 bits per heavy atom. The molecule has 176 valence electrons. The topological polar surface area (TPSA) is 134 Å². The van der Waals surface area contributed by atoms with Crippen LogP contribution < -0.4 is 11.1 Å². The number of sulfonamides is 1. The van der Waals surface area contributed by atoms with Gasteiger partial charge in [0.1, 0.15) is 5.56 Å². The molecule has 1 amide bonds. The van der Waals surface area contributed by atoms with E-state index in [1.807, 2.05) is 48.5 Å². The third kappa shape index (κ3) is 4.95. The Labute approximate surface area is 198 Å². The second-order valence-corrected chi connectivity index (χ2v) is 10.4. The molecule has 2 aromatic carbocycles. The summed E-state index contributed by atoms with van der Waals surface area (Å²) in [5.74, 6) is -0.410. The molecule has 10 heteroatoms. The first kappa shape index (κ1) is 23.5. The van der Waals surface area contributed by atoms with Crippen LogP contribution in [-0.2, 0) is 21.3 Å². The summed E-state index contributed by atoms with van der Waals surface area (Å²) in [7, 11) is -3.51. The number of primary amides is 1. The fourth-order valence-electron chi connectivity index (χ4n) is 4.24. The number of hydrogen-bond acceptors (Lipinski definition) is 6. The minimum atomic E-state index is -3.51. The molecule has 4 rings (SSSR count). The van der Waals surface area contributed by atoms with Gasteiger partial charge in [-0.25, -0.2) is 12.7 Å². The predicted molar refractivity (Wildman–Crippen MR) is 129 cm³/mol. The SMILES string of the molecule is N#CCC1(n2cc(C(N)=O)c(Nc3ccccc3)n2)CCN(S(=O)(=O)Cc2ccccc2)CC1. The zero-order valence-corrected chi connectivity index (χ0v) is 19.4. The standard InChI is InChI=1S/C24H26N6O3S/c25-14-11-24(12-15-29(16-13-24)34(32,33)18-19-7-3-1-4-8-19)30-17-21(22(26)31)23(28-30)27-20-9-5-2-6-10-20/h1-10,17H,11-13,15-16,18H2,(H2,26,31)(H,27,28). The number of anilines is 2. The monoisotopic (exact) mass is 478 g/mol. The summed E-state index contributed by atoms with van der Waals surface area (Å²) in [5, 5.41) is 17.2. The van der Waals surface area contributed by atoms with E-state index in [2.05, 4.69) is 16.5 Å². The van der Waals surface area contributed by atoms with Gasteiger partial charge in [0.2, 0.25) is 10.0 Å². The highest BCUT2D eigenvalue weighted by Gasteiger charge is 2.41. The summed E-state index contributed by atoms with van der Waals surface area (Å²) >= 11 is 0. The lowest BCUT2D eigenvalue weighted by Crippen LogP contribution is -2.48. The number of nitrogens with two attached hydrogens (primary N) is 1. The van der Waals surface area contributed by atoms with Gasteiger partial charge in [-0.05, 0) is 30.5 Å². The first-order valence-corrected chi connectivity index (χ1v) is 12.5. The lowest BCUT2D eigenvalue weighted by molar-refractivity contribution is 0.1000. The van der Waals surface area contributed by atoms with Crippen molar-refractivity contribution in [2.24, 2.45) is 5.73 Å². The largest absolute Gasteiger partial charge is 0.365 e. The Kier molecular flexibility index (Phi) is 6.68. The Balaban J connectivity index is 1.57. The van der Waals surface area contributed by atoms with Crippen molar-refractivity contribution in [1.82, 2.24) is 14.1 Å². The van der Waals surface area contributed by atoms with Gasteiger partial charge in [0, 0.05) is 25.0 Å². The molecule has 34 heavy (non-hydrogen) atoms. The van der Waals surface area contributed by atoms with Crippen LogP contribution in [0.15, 0.2) is 66.9 Å².